The van der Waals surface area contributed by atoms with Gasteiger partial charge in [0.1, 0.15) is 17.3 Å². The molecule has 3 aromatic carbocycles. The zero-order chi connectivity index (χ0) is 18.1. The number of H-pyrrole nitrogens is 1. The Kier molecular flexibility index (Phi) is 3.78. The minimum absolute atomic E-state index is 0.444. The highest BCUT2D eigenvalue weighted by atomic mass is 16.5. The number of primary amides is 1. The molecular weight excluding hydrogens is 328 g/mol. The largest absolute Gasteiger partial charge is 0.457 e. The van der Waals surface area contributed by atoms with Crippen LogP contribution in [-0.4, -0.2) is 15.9 Å². The quantitative estimate of drug-likeness (QED) is 0.491. The van der Waals surface area contributed by atoms with E-state index in [1.54, 1.807) is 30.3 Å². The minimum Gasteiger partial charge on any atom is -0.457 e. The Morgan fingerprint density at radius 3 is 2.23 bits per heavy atom. The highest BCUT2D eigenvalue weighted by molar-refractivity contribution is 5.96. The lowest BCUT2D eigenvalue weighted by Crippen LogP contribution is -2.10. The molecule has 0 atom stereocenters. The van der Waals surface area contributed by atoms with E-state index in [0.717, 1.165) is 22.3 Å². The molecule has 0 saturated heterocycles. The summed E-state index contributed by atoms with van der Waals surface area (Å²) in [4.78, 5) is 19.0. The topological polar surface area (TPSA) is 107 Å². The van der Waals surface area contributed by atoms with Gasteiger partial charge in [-0.25, -0.2) is 4.98 Å². The summed E-state index contributed by atoms with van der Waals surface area (Å²) in [6, 6.07) is 19.9. The van der Waals surface area contributed by atoms with Crippen molar-refractivity contribution in [2.45, 2.75) is 0 Å². The number of aromatic nitrogens is 2. The number of nitrogen functional groups attached to an aromatic ring is 1. The lowest BCUT2D eigenvalue weighted by Gasteiger charge is -2.06. The normalized spacial score (nSPS) is 10.8. The Morgan fingerprint density at radius 1 is 0.923 bits per heavy atom. The summed E-state index contributed by atoms with van der Waals surface area (Å²) in [7, 11) is 0. The van der Waals surface area contributed by atoms with Gasteiger partial charge in [0.05, 0.1) is 11.0 Å². The van der Waals surface area contributed by atoms with E-state index in [2.05, 4.69) is 9.97 Å². The van der Waals surface area contributed by atoms with E-state index in [9.17, 15) is 4.79 Å². The second-order valence-electron chi connectivity index (χ2n) is 5.88. The average Bonchev–Trinajstić information content (AvgIpc) is 3.07. The van der Waals surface area contributed by atoms with Crippen LogP contribution in [0.5, 0.6) is 11.5 Å². The molecule has 5 N–H and O–H groups in total. The number of rotatable bonds is 4. The van der Waals surface area contributed by atoms with Crippen LogP contribution in [0.1, 0.15) is 10.4 Å². The second kappa shape index (κ2) is 6.25. The van der Waals surface area contributed by atoms with E-state index in [0.29, 0.717) is 22.8 Å². The molecule has 0 aliphatic heterocycles. The number of imidazole rings is 1. The lowest BCUT2D eigenvalue weighted by molar-refractivity contribution is 0.100. The molecular formula is C20H16N4O2. The van der Waals surface area contributed by atoms with Gasteiger partial charge in [-0.1, -0.05) is 0 Å². The van der Waals surface area contributed by atoms with Crippen LogP contribution < -0.4 is 16.2 Å². The van der Waals surface area contributed by atoms with E-state index in [1.807, 2.05) is 36.4 Å². The van der Waals surface area contributed by atoms with Gasteiger partial charge >= 0.3 is 0 Å². The summed E-state index contributed by atoms with van der Waals surface area (Å²) in [5.41, 5.74) is 14.6. The van der Waals surface area contributed by atoms with E-state index in [4.69, 9.17) is 16.2 Å². The van der Waals surface area contributed by atoms with Crippen LogP contribution in [0.25, 0.3) is 22.4 Å². The standard InChI is InChI=1S/C20H16N4O2/c21-14-4-8-16(9-5-14)26-15-6-1-12(2-7-15)20-23-17-10-3-13(19(22)25)11-18(17)24-20/h1-11H,21H2,(H2,22,25)(H,23,24). The summed E-state index contributed by atoms with van der Waals surface area (Å²) in [6.45, 7) is 0. The van der Waals surface area contributed by atoms with Gasteiger partial charge in [-0.05, 0) is 66.7 Å². The number of nitrogens with two attached hydrogens (primary N) is 2. The van der Waals surface area contributed by atoms with Crippen molar-refractivity contribution in [1.82, 2.24) is 9.97 Å². The predicted octanol–water partition coefficient (Wildman–Crippen LogP) is 3.70. The van der Waals surface area contributed by atoms with Crippen LogP contribution in [0, 0.1) is 0 Å². The minimum atomic E-state index is -0.466. The maximum Gasteiger partial charge on any atom is 0.248 e. The number of carbonyl (C=O) groups excluding carboxylic acids is 1. The summed E-state index contributed by atoms with van der Waals surface area (Å²) in [6.07, 6.45) is 0. The molecule has 0 fully saturated rings. The van der Waals surface area contributed by atoms with Gasteiger partial charge < -0.3 is 21.2 Å². The molecule has 0 unspecified atom stereocenters. The molecule has 1 amide bonds. The molecule has 0 aliphatic carbocycles. The fourth-order valence-corrected chi connectivity index (χ4v) is 2.65. The van der Waals surface area contributed by atoms with Gasteiger partial charge in [-0.3, -0.25) is 4.79 Å². The van der Waals surface area contributed by atoms with Crippen molar-refractivity contribution < 1.29 is 9.53 Å². The fourth-order valence-electron chi connectivity index (χ4n) is 2.65. The maximum absolute atomic E-state index is 11.3. The summed E-state index contributed by atoms with van der Waals surface area (Å²) < 4.78 is 5.79. The SMILES string of the molecule is NC(=O)c1ccc2nc(-c3ccc(Oc4ccc(N)cc4)cc3)[nH]c2c1. The highest BCUT2D eigenvalue weighted by Crippen LogP contribution is 2.26. The second-order valence-corrected chi connectivity index (χ2v) is 5.88. The van der Waals surface area contributed by atoms with Gasteiger partial charge in [0.15, 0.2) is 0 Å². The van der Waals surface area contributed by atoms with Gasteiger partial charge in [-0.15, -0.1) is 0 Å². The molecule has 1 aromatic heterocycles. The Balaban J connectivity index is 1.59. The number of amides is 1. The Morgan fingerprint density at radius 2 is 1.58 bits per heavy atom. The maximum atomic E-state index is 11.3. The number of benzene rings is 3. The molecule has 0 saturated carbocycles. The van der Waals surface area contributed by atoms with Crippen molar-refractivity contribution in [2.75, 3.05) is 5.73 Å². The van der Waals surface area contributed by atoms with Gasteiger partial charge in [-0.2, -0.15) is 0 Å². The van der Waals surface area contributed by atoms with Gasteiger partial charge in [0.25, 0.3) is 0 Å². The number of aromatic amines is 1. The first-order chi connectivity index (χ1) is 12.6. The molecule has 6 nitrogen and oxygen atoms in total. The third-order valence-corrected chi connectivity index (χ3v) is 4.01. The van der Waals surface area contributed by atoms with Crippen LogP contribution in [0.4, 0.5) is 5.69 Å². The first-order valence-electron chi connectivity index (χ1n) is 8.02. The number of carbonyl (C=O) groups is 1. The molecule has 128 valence electrons. The van der Waals surface area contributed by atoms with Crippen LogP contribution >= 0.6 is 0 Å². The third kappa shape index (κ3) is 3.08. The van der Waals surface area contributed by atoms with Gasteiger partial charge in [0, 0.05) is 16.8 Å². The summed E-state index contributed by atoms with van der Waals surface area (Å²) in [5.74, 6) is 1.67. The van der Waals surface area contributed by atoms with Crippen molar-refractivity contribution in [3.8, 4) is 22.9 Å². The summed E-state index contributed by atoms with van der Waals surface area (Å²) >= 11 is 0. The average molecular weight is 344 g/mol. The lowest BCUT2D eigenvalue weighted by atomic mass is 10.2. The number of ether oxygens (including phenoxy) is 1. The number of anilines is 1. The van der Waals surface area contributed by atoms with Crippen LogP contribution in [-0.2, 0) is 0 Å². The fraction of sp³-hybridized carbons (Fsp3) is 0. The molecule has 4 aromatic rings. The number of nitrogens with zero attached hydrogens (tertiary/aromatic N) is 1. The molecule has 4 rings (SSSR count). The summed E-state index contributed by atoms with van der Waals surface area (Å²) in [5, 5.41) is 0. The Labute approximate surface area is 149 Å². The third-order valence-electron chi connectivity index (χ3n) is 4.01. The van der Waals surface area contributed by atoms with Crippen molar-refractivity contribution in [1.29, 1.82) is 0 Å². The molecule has 1 heterocycles. The highest BCUT2D eigenvalue weighted by Gasteiger charge is 2.08. The number of fused-ring (bicyclic) bond motifs is 1. The van der Waals surface area contributed by atoms with Crippen LogP contribution in [0.3, 0.4) is 0 Å². The zero-order valence-corrected chi connectivity index (χ0v) is 13.8. The first-order valence-corrected chi connectivity index (χ1v) is 8.02. The molecule has 26 heavy (non-hydrogen) atoms. The van der Waals surface area contributed by atoms with E-state index in [1.165, 1.54) is 0 Å². The molecule has 0 bridgehead atoms. The molecule has 0 radical (unpaired) electrons. The van der Waals surface area contributed by atoms with Crippen molar-refractivity contribution in [3.05, 3.63) is 72.3 Å². The van der Waals surface area contributed by atoms with Crippen molar-refractivity contribution in [3.63, 3.8) is 0 Å². The van der Waals surface area contributed by atoms with E-state index < -0.39 is 5.91 Å². The smallest absolute Gasteiger partial charge is 0.248 e. The Hall–Kier alpha value is -3.80. The van der Waals surface area contributed by atoms with Crippen LogP contribution in [0.2, 0.25) is 0 Å². The zero-order valence-electron chi connectivity index (χ0n) is 13.8. The predicted molar refractivity (Wildman–Crippen MR) is 101 cm³/mol. The number of hydrogen-bond acceptors (Lipinski definition) is 4. The number of hydrogen-bond donors (Lipinski definition) is 3. The van der Waals surface area contributed by atoms with E-state index >= 15 is 0 Å². The Bertz CT molecular complexity index is 1080. The van der Waals surface area contributed by atoms with E-state index in [-0.39, 0.29) is 0 Å². The molecule has 0 spiro atoms. The number of nitrogens with one attached hydrogen (secondary N) is 1. The van der Waals surface area contributed by atoms with Gasteiger partial charge in [0.2, 0.25) is 5.91 Å². The molecule has 0 aliphatic rings. The van der Waals surface area contributed by atoms with Crippen molar-refractivity contribution >= 4 is 22.6 Å². The van der Waals surface area contributed by atoms with Crippen LogP contribution in [0.15, 0.2) is 66.7 Å². The van der Waals surface area contributed by atoms with Crippen molar-refractivity contribution in [2.24, 2.45) is 5.73 Å². The monoisotopic (exact) mass is 344 g/mol. The first kappa shape index (κ1) is 15.7. The molecule has 6 heteroatoms.